The fraction of sp³-hybridized carbons (Fsp3) is 0.364. The molecule has 1 amide bonds. The molecule has 3 rings (SSSR count). The van der Waals surface area contributed by atoms with Crippen LogP contribution in [0.3, 0.4) is 0 Å². The van der Waals surface area contributed by atoms with Crippen molar-refractivity contribution in [3.63, 3.8) is 0 Å². The van der Waals surface area contributed by atoms with Gasteiger partial charge in [-0.15, -0.1) is 0 Å². The molecule has 2 aliphatic heterocycles. The quantitative estimate of drug-likeness (QED) is 0.788. The Balaban J connectivity index is 1.76. The Labute approximate surface area is 172 Å². The molecule has 28 heavy (non-hydrogen) atoms. The number of hydrogen-bond acceptors (Lipinski definition) is 4. The van der Waals surface area contributed by atoms with Gasteiger partial charge in [-0.1, -0.05) is 42.7 Å². The molecule has 1 aromatic rings. The Hall–Kier alpha value is -2.53. The smallest absolute Gasteiger partial charge is 0.256 e. The topological polar surface area (TPSA) is 47.9 Å². The number of allylic oxidation sites excluding steroid dienone is 3. The summed E-state index contributed by atoms with van der Waals surface area (Å²) in [6, 6.07) is 7.02. The van der Waals surface area contributed by atoms with Gasteiger partial charge in [0.2, 0.25) is 0 Å². The molecule has 5 nitrogen and oxygen atoms in total. The fourth-order valence-corrected chi connectivity index (χ4v) is 3.57. The van der Waals surface area contributed by atoms with Gasteiger partial charge >= 0.3 is 0 Å². The Morgan fingerprint density at radius 2 is 1.86 bits per heavy atom. The Kier molecular flexibility index (Phi) is 6.93. The summed E-state index contributed by atoms with van der Waals surface area (Å²) in [6.45, 7) is 5.90. The molecular weight excluding hydrogens is 372 g/mol. The summed E-state index contributed by atoms with van der Waals surface area (Å²) >= 11 is 6.12. The Morgan fingerprint density at radius 3 is 2.54 bits per heavy atom. The van der Waals surface area contributed by atoms with Crippen molar-refractivity contribution in [1.82, 2.24) is 15.2 Å². The molecule has 6 heteroatoms. The first-order valence-electron chi connectivity index (χ1n) is 9.80. The van der Waals surface area contributed by atoms with Gasteiger partial charge in [-0.05, 0) is 51.0 Å². The van der Waals surface area contributed by atoms with Crippen LogP contribution in [0, 0.1) is 0 Å². The van der Waals surface area contributed by atoms with Crippen molar-refractivity contribution in [2.45, 2.75) is 39.5 Å². The molecule has 0 spiro atoms. The van der Waals surface area contributed by atoms with E-state index in [4.69, 9.17) is 16.7 Å². The molecule has 1 fully saturated rings. The van der Waals surface area contributed by atoms with Gasteiger partial charge in [-0.2, -0.15) is 5.10 Å². The second-order valence-corrected chi connectivity index (χ2v) is 7.40. The molecule has 1 saturated heterocycles. The lowest BCUT2D eigenvalue weighted by atomic mass is 10.2. The van der Waals surface area contributed by atoms with Crippen molar-refractivity contribution in [3.05, 3.63) is 70.7 Å². The van der Waals surface area contributed by atoms with E-state index in [9.17, 15) is 4.79 Å². The van der Waals surface area contributed by atoms with Crippen LogP contribution in [-0.4, -0.2) is 34.7 Å². The molecule has 0 unspecified atom stereocenters. The van der Waals surface area contributed by atoms with E-state index in [-0.39, 0.29) is 5.91 Å². The van der Waals surface area contributed by atoms with E-state index < -0.39 is 0 Å². The highest BCUT2D eigenvalue weighted by Gasteiger charge is 2.17. The van der Waals surface area contributed by atoms with E-state index in [2.05, 4.69) is 22.4 Å². The van der Waals surface area contributed by atoms with E-state index in [0.29, 0.717) is 16.3 Å². The lowest BCUT2D eigenvalue weighted by Crippen LogP contribution is -2.34. The van der Waals surface area contributed by atoms with E-state index in [1.165, 1.54) is 25.7 Å². The maximum Gasteiger partial charge on any atom is 0.256 e. The second kappa shape index (κ2) is 9.60. The van der Waals surface area contributed by atoms with Crippen LogP contribution in [-0.2, 0) is 0 Å². The van der Waals surface area contributed by atoms with Crippen molar-refractivity contribution >= 4 is 23.3 Å². The summed E-state index contributed by atoms with van der Waals surface area (Å²) < 4.78 is 0. The lowest BCUT2D eigenvalue weighted by Gasteiger charge is -2.28. The number of rotatable bonds is 3. The van der Waals surface area contributed by atoms with Gasteiger partial charge in [0.15, 0.2) is 0 Å². The van der Waals surface area contributed by atoms with E-state index in [1.54, 1.807) is 24.3 Å². The summed E-state index contributed by atoms with van der Waals surface area (Å²) in [6.07, 6.45) is 12.9. The maximum atomic E-state index is 12.5. The molecule has 0 atom stereocenters. The minimum absolute atomic E-state index is 0.231. The predicted octanol–water partition coefficient (Wildman–Crippen LogP) is 4.90. The number of nitrogens with zero attached hydrogens (tertiary/aromatic N) is 3. The number of likely N-dealkylation sites (tertiary alicyclic amines) is 1. The zero-order valence-corrected chi connectivity index (χ0v) is 17.2. The minimum Gasteiger partial charge on any atom is -0.355 e. The molecule has 2 heterocycles. The molecule has 148 valence electrons. The van der Waals surface area contributed by atoms with Gasteiger partial charge in [0.25, 0.3) is 5.91 Å². The molecule has 0 bridgehead atoms. The number of carbonyl (C=O) groups is 1. The molecule has 0 saturated carbocycles. The summed E-state index contributed by atoms with van der Waals surface area (Å²) in [4.78, 5) is 14.8. The van der Waals surface area contributed by atoms with E-state index in [1.807, 2.05) is 31.1 Å². The predicted molar refractivity (Wildman–Crippen MR) is 115 cm³/mol. The summed E-state index contributed by atoms with van der Waals surface area (Å²) in [7, 11) is 0. The highest BCUT2D eigenvalue weighted by Crippen LogP contribution is 2.19. The van der Waals surface area contributed by atoms with Crippen LogP contribution in [0.2, 0.25) is 5.02 Å². The zero-order valence-electron chi connectivity index (χ0n) is 16.5. The van der Waals surface area contributed by atoms with E-state index >= 15 is 0 Å². The minimum atomic E-state index is -0.231. The average Bonchev–Trinajstić information content (AvgIpc) is 2.97. The number of benzene rings is 1. The first kappa shape index (κ1) is 20.2. The molecule has 0 aromatic heterocycles. The highest BCUT2D eigenvalue weighted by molar-refractivity contribution is 6.33. The number of hydrazone groups is 1. The number of carbonyl (C=O) groups excluding carboxylic acids is 1. The largest absolute Gasteiger partial charge is 0.355 e. The van der Waals surface area contributed by atoms with Crippen molar-refractivity contribution in [3.8, 4) is 0 Å². The number of amidine groups is 1. The van der Waals surface area contributed by atoms with Gasteiger partial charge in [-0.3, -0.25) is 4.79 Å². The zero-order chi connectivity index (χ0) is 19.9. The number of amides is 1. The van der Waals surface area contributed by atoms with Crippen LogP contribution in [0.25, 0.3) is 0 Å². The van der Waals surface area contributed by atoms with Crippen LogP contribution in [0.1, 0.15) is 49.9 Å². The number of nitrogens with one attached hydrogen (secondary N) is 1. The molecule has 1 aromatic carbocycles. The maximum absolute atomic E-state index is 12.5. The SMILES string of the molecule is CC=C1C=CC(N2CCCCCC2)=NN1/C=C(\C)NC(=O)c1ccccc1Cl. The van der Waals surface area contributed by atoms with Crippen LogP contribution >= 0.6 is 11.6 Å². The lowest BCUT2D eigenvalue weighted by molar-refractivity contribution is 0.0965. The van der Waals surface area contributed by atoms with Crippen LogP contribution in [0.4, 0.5) is 0 Å². The normalized spacial score (nSPS) is 19.5. The Bertz CT molecular complexity index is 833. The van der Waals surface area contributed by atoms with Crippen molar-refractivity contribution in [2.24, 2.45) is 5.10 Å². The first-order chi connectivity index (χ1) is 13.6. The summed E-state index contributed by atoms with van der Waals surface area (Å²) in [5.74, 6) is 0.736. The number of hydrogen-bond donors (Lipinski definition) is 1. The Morgan fingerprint density at radius 1 is 1.14 bits per heavy atom. The third-order valence-corrected chi connectivity index (χ3v) is 5.18. The monoisotopic (exact) mass is 398 g/mol. The third kappa shape index (κ3) is 5.04. The third-order valence-electron chi connectivity index (χ3n) is 4.85. The molecule has 0 aliphatic carbocycles. The van der Waals surface area contributed by atoms with Gasteiger partial charge in [-0.25, -0.2) is 5.01 Å². The van der Waals surface area contributed by atoms with Crippen LogP contribution in [0.15, 0.2) is 65.2 Å². The number of halogens is 1. The molecular formula is C22H27ClN4O. The van der Waals surface area contributed by atoms with Gasteiger partial charge in [0.05, 0.1) is 16.3 Å². The van der Waals surface area contributed by atoms with Gasteiger partial charge in [0, 0.05) is 25.0 Å². The van der Waals surface area contributed by atoms with Crippen molar-refractivity contribution in [1.29, 1.82) is 0 Å². The average molecular weight is 399 g/mol. The van der Waals surface area contributed by atoms with Gasteiger partial charge < -0.3 is 10.2 Å². The van der Waals surface area contributed by atoms with Crippen molar-refractivity contribution < 1.29 is 4.79 Å². The first-order valence-corrected chi connectivity index (χ1v) is 10.2. The fourth-order valence-electron chi connectivity index (χ4n) is 3.35. The molecule has 1 N–H and O–H groups in total. The van der Waals surface area contributed by atoms with Crippen LogP contribution < -0.4 is 5.32 Å². The van der Waals surface area contributed by atoms with Crippen LogP contribution in [0.5, 0.6) is 0 Å². The molecule has 0 radical (unpaired) electrons. The molecule has 2 aliphatic rings. The summed E-state index contributed by atoms with van der Waals surface area (Å²) in [5, 5.41) is 9.96. The second-order valence-electron chi connectivity index (χ2n) is 7.00. The highest BCUT2D eigenvalue weighted by atomic mass is 35.5. The standard InChI is InChI=1S/C22H27ClN4O/c1-3-18-12-13-21(26-14-8-4-5-9-15-26)25-27(18)16-17(2)24-22(28)19-10-6-7-11-20(19)23/h3,6-7,10-13,16H,4-5,8-9,14-15H2,1-2H3,(H,24,28)/b17-16+,18-3?. The van der Waals surface area contributed by atoms with Gasteiger partial charge in [0.1, 0.15) is 5.84 Å². The summed E-state index contributed by atoms with van der Waals surface area (Å²) in [5.41, 5.74) is 2.11. The van der Waals surface area contributed by atoms with E-state index in [0.717, 1.165) is 24.6 Å². The van der Waals surface area contributed by atoms with Crippen molar-refractivity contribution in [2.75, 3.05) is 13.1 Å².